The van der Waals surface area contributed by atoms with Crippen molar-refractivity contribution < 1.29 is 14.3 Å². The summed E-state index contributed by atoms with van der Waals surface area (Å²) in [6, 6.07) is 8.45. The largest absolute Gasteiger partial charge is 0.469 e. The predicted molar refractivity (Wildman–Crippen MR) is 131 cm³/mol. The van der Waals surface area contributed by atoms with Crippen LogP contribution in [-0.4, -0.2) is 43.0 Å². The Balaban J connectivity index is 0.000000821. The Kier molecular flexibility index (Phi) is 7.69. The molecule has 3 aliphatic carbocycles. The number of allylic oxidation sites excluding steroid dienone is 2. The fraction of sp³-hybridized carbons (Fsp3) is 0.571. The zero-order valence-corrected chi connectivity index (χ0v) is 20.4. The van der Waals surface area contributed by atoms with Crippen molar-refractivity contribution in [2.45, 2.75) is 71.4 Å². The molecule has 0 radical (unpaired) electrons. The number of hydrogen-bond donors (Lipinski definition) is 1. The Hall–Kier alpha value is -2.40. The van der Waals surface area contributed by atoms with Gasteiger partial charge in [0.25, 0.3) is 0 Å². The van der Waals surface area contributed by atoms with Gasteiger partial charge >= 0.3 is 5.97 Å². The maximum atomic E-state index is 13.1. The second-order valence-electron chi connectivity index (χ2n) is 9.90. The van der Waals surface area contributed by atoms with Crippen LogP contribution < -0.4 is 5.32 Å². The highest BCUT2D eigenvalue weighted by atomic mass is 16.5. The number of carbonyl (C=O) groups excluding carboxylic acids is 2. The number of nitrogens with one attached hydrogen (secondary N) is 1. The van der Waals surface area contributed by atoms with Crippen LogP contribution in [0.5, 0.6) is 0 Å². The van der Waals surface area contributed by atoms with Gasteiger partial charge in [-0.2, -0.15) is 0 Å². The number of esters is 1. The maximum absolute atomic E-state index is 13.1. The summed E-state index contributed by atoms with van der Waals surface area (Å²) in [6.45, 7) is 6.76. The van der Waals surface area contributed by atoms with Crippen molar-refractivity contribution in [2.75, 3.05) is 20.2 Å². The van der Waals surface area contributed by atoms with E-state index >= 15 is 0 Å². The average Bonchev–Trinajstić information content (AvgIpc) is 3.27. The first-order valence-electron chi connectivity index (χ1n) is 12.6. The normalized spacial score (nSPS) is 25.0. The minimum atomic E-state index is -0.218. The summed E-state index contributed by atoms with van der Waals surface area (Å²) in [7, 11) is 1.42. The van der Waals surface area contributed by atoms with Crippen LogP contribution in [0.4, 0.5) is 0 Å². The van der Waals surface area contributed by atoms with E-state index in [4.69, 9.17) is 4.74 Å². The average molecular weight is 451 g/mol. The molecule has 5 heteroatoms. The van der Waals surface area contributed by atoms with Crippen LogP contribution in [0.3, 0.4) is 0 Å². The fourth-order valence-corrected chi connectivity index (χ4v) is 5.40. The highest BCUT2D eigenvalue weighted by Gasteiger charge is 2.43. The number of methoxy groups -OCH3 is 1. The number of ether oxygens (including phenoxy) is 1. The fourth-order valence-electron chi connectivity index (χ4n) is 5.40. The lowest BCUT2D eigenvalue weighted by Gasteiger charge is -2.31. The summed E-state index contributed by atoms with van der Waals surface area (Å²) >= 11 is 0. The van der Waals surface area contributed by atoms with Crippen molar-refractivity contribution in [3.63, 3.8) is 0 Å². The summed E-state index contributed by atoms with van der Waals surface area (Å²) in [4.78, 5) is 26.7. The molecule has 178 valence electrons. The first-order valence-corrected chi connectivity index (χ1v) is 12.6. The molecule has 1 amide bonds. The second-order valence-corrected chi connectivity index (χ2v) is 9.90. The van der Waals surface area contributed by atoms with E-state index in [1.54, 1.807) is 5.57 Å². The smallest absolute Gasteiger partial charge is 0.309 e. The third-order valence-corrected chi connectivity index (χ3v) is 7.19. The Labute approximate surface area is 198 Å². The Morgan fingerprint density at radius 2 is 1.97 bits per heavy atom. The Morgan fingerprint density at radius 1 is 1.18 bits per heavy atom. The van der Waals surface area contributed by atoms with E-state index in [0.717, 1.165) is 56.4 Å². The van der Waals surface area contributed by atoms with Crippen molar-refractivity contribution in [3.8, 4) is 0 Å². The highest BCUT2D eigenvalue weighted by Crippen LogP contribution is 2.52. The lowest BCUT2D eigenvalue weighted by atomic mass is 9.97. The molecule has 33 heavy (non-hydrogen) atoms. The quantitative estimate of drug-likeness (QED) is 0.645. The molecule has 1 aromatic rings. The molecule has 2 fully saturated rings. The van der Waals surface area contributed by atoms with Gasteiger partial charge in [0.15, 0.2) is 0 Å². The second kappa shape index (κ2) is 10.7. The standard InChI is InChI=1S/C25H30N2O3.C3H8/c1-30-24(28)10-16-3-2-4-17(9-16)14-26-21-6-5-19(12-21)25(29)27-8-7-18-11-20-13-22(20)23(18)15-27;1-3-2/h2-4,9,11,19,21-22,26H,5-8,10,12-15H2,1H3;3H2,1-2H3. The van der Waals surface area contributed by atoms with E-state index in [1.165, 1.54) is 31.1 Å². The molecule has 1 aliphatic heterocycles. The van der Waals surface area contributed by atoms with Gasteiger partial charge in [0.2, 0.25) is 5.91 Å². The Morgan fingerprint density at radius 3 is 2.76 bits per heavy atom. The molecule has 0 spiro atoms. The Bertz CT molecular complexity index is 948. The molecule has 0 saturated heterocycles. The van der Waals surface area contributed by atoms with E-state index in [2.05, 4.69) is 42.3 Å². The van der Waals surface area contributed by atoms with Gasteiger partial charge < -0.3 is 15.0 Å². The van der Waals surface area contributed by atoms with Crippen LogP contribution in [0.1, 0.15) is 63.5 Å². The van der Waals surface area contributed by atoms with Gasteiger partial charge in [0.05, 0.1) is 13.5 Å². The minimum absolute atomic E-state index is 0.156. The summed E-state index contributed by atoms with van der Waals surface area (Å²) in [5, 5.41) is 3.63. The van der Waals surface area contributed by atoms with Crippen LogP contribution in [0.2, 0.25) is 0 Å². The van der Waals surface area contributed by atoms with Gasteiger partial charge in [-0.25, -0.2) is 0 Å². The number of nitrogens with zero attached hydrogens (tertiary/aromatic N) is 1. The third kappa shape index (κ3) is 5.75. The number of rotatable bonds is 6. The first kappa shape index (κ1) is 23.7. The molecular weight excluding hydrogens is 412 g/mol. The van der Waals surface area contributed by atoms with Crippen molar-refractivity contribution in [3.05, 3.63) is 58.2 Å². The number of carbonyl (C=O) groups is 2. The molecule has 1 aromatic carbocycles. The zero-order valence-electron chi connectivity index (χ0n) is 20.4. The van der Waals surface area contributed by atoms with Gasteiger partial charge in [-0.3, -0.25) is 9.59 Å². The molecule has 3 atom stereocenters. The summed E-state index contributed by atoms with van der Waals surface area (Å²) < 4.78 is 4.75. The van der Waals surface area contributed by atoms with E-state index in [0.29, 0.717) is 24.3 Å². The van der Waals surface area contributed by atoms with E-state index < -0.39 is 0 Å². The summed E-state index contributed by atoms with van der Waals surface area (Å²) in [5.74, 6) is 0.982. The third-order valence-electron chi connectivity index (χ3n) is 7.19. The zero-order chi connectivity index (χ0) is 23.4. The predicted octanol–water partition coefficient (Wildman–Crippen LogP) is 4.57. The molecular formula is C28H38N2O3. The molecule has 3 unspecified atom stereocenters. The van der Waals surface area contributed by atoms with Crippen molar-refractivity contribution in [1.82, 2.24) is 10.2 Å². The molecule has 2 saturated carbocycles. The minimum Gasteiger partial charge on any atom is -0.469 e. The van der Waals surface area contributed by atoms with Crippen molar-refractivity contribution in [2.24, 2.45) is 11.8 Å². The van der Waals surface area contributed by atoms with Crippen LogP contribution in [0.25, 0.3) is 0 Å². The number of benzene rings is 1. The summed E-state index contributed by atoms with van der Waals surface area (Å²) in [5.41, 5.74) is 6.78. The van der Waals surface area contributed by atoms with Gasteiger partial charge in [0, 0.05) is 37.5 Å². The number of fused-ring (bicyclic) bond motifs is 2. The molecule has 0 bridgehead atoms. The first-order chi connectivity index (χ1) is 16.0. The van der Waals surface area contributed by atoms with Crippen LogP contribution >= 0.6 is 0 Å². The number of hydrogen-bond acceptors (Lipinski definition) is 4. The maximum Gasteiger partial charge on any atom is 0.309 e. The van der Waals surface area contributed by atoms with Crippen LogP contribution in [-0.2, 0) is 27.3 Å². The number of amides is 1. The lowest BCUT2D eigenvalue weighted by molar-refractivity contribution is -0.139. The molecule has 5 rings (SSSR count). The van der Waals surface area contributed by atoms with Crippen LogP contribution in [0.15, 0.2) is 47.1 Å². The molecule has 1 heterocycles. The topological polar surface area (TPSA) is 58.6 Å². The van der Waals surface area contributed by atoms with Gasteiger partial charge in [-0.1, -0.05) is 56.2 Å². The molecule has 1 N–H and O–H groups in total. The highest BCUT2D eigenvalue weighted by molar-refractivity contribution is 5.80. The molecule has 5 nitrogen and oxygen atoms in total. The van der Waals surface area contributed by atoms with Gasteiger partial charge in [-0.05, 0) is 54.4 Å². The van der Waals surface area contributed by atoms with Gasteiger partial charge in [0.1, 0.15) is 0 Å². The van der Waals surface area contributed by atoms with Crippen molar-refractivity contribution >= 4 is 11.9 Å². The summed E-state index contributed by atoms with van der Waals surface area (Å²) in [6.07, 6.45) is 9.17. The monoisotopic (exact) mass is 450 g/mol. The van der Waals surface area contributed by atoms with Crippen LogP contribution in [0, 0.1) is 11.8 Å². The lowest BCUT2D eigenvalue weighted by Crippen LogP contribution is -2.40. The molecule has 0 aromatic heterocycles. The van der Waals surface area contributed by atoms with E-state index in [9.17, 15) is 9.59 Å². The van der Waals surface area contributed by atoms with Crippen molar-refractivity contribution in [1.29, 1.82) is 0 Å². The van der Waals surface area contributed by atoms with Gasteiger partial charge in [-0.15, -0.1) is 0 Å². The van der Waals surface area contributed by atoms with E-state index in [-0.39, 0.29) is 11.9 Å². The van der Waals surface area contributed by atoms with E-state index in [1.807, 2.05) is 12.1 Å². The SMILES string of the molecule is CCC.COC(=O)Cc1cccc(CNC2CCC(C(=O)N3CCC4=C(C3)C3CC3=C4)C2)c1. The molecule has 4 aliphatic rings.